The number of urea groups is 1. The van der Waals surface area contributed by atoms with Crippen LogP contribution >= 0.6 is 11.6 Å². The number of hydrogen-bond acceptors (Lipinski definition) is 2. The molecule has 0 saturated carbocycles. The normalized spacial score (nSPS) is 30.1. The highest BCUT2D eigenvalue weighted by atomic mass is 35.5. The molecule has 0 aromatic carbocycles. The van der Waals surface area contributed by atoms with Crippen molar-refractivity contribution in [3.05, 3.63) is 11.2 Å². The lowest BCUT2D eigenvalue weighted by Crippen LogP contribution is -2.67. The molecule has 1 aliphatic heterocycles. The topological polar surface area (TPSA) is 34.1 Å². The van der Waals surface area contributed by atoms with Gasteiger partial charge in [0.05, 0.1) is 21.1 Å². The van der Waals surface area contributed by atoms with E-state index in [0.717, 1.165) is 6.42 Å². The Labute approximate surface area is 108 Å². The summed E-state index contributed by atoms with van der Waals surface area (Å²) in [6.45, 7) is 4.62. The summed E-state index contributed by atoms with van der Waals surface area (Å²) in [5, 5.41) is 0.278. The average molecular weight is 261 g/mol. The van der Waals surface area contributed by atoms with Crippen LogP contribution in [0.5, 0.6) is 0 Å². The largest absolute Gasteiger partial charge is 0.527 e. The highest BCUT2D eigenvalue weighted by Crippen LogP contribution is 2.29. The first-order valence-corrected chi connectivity index (χ1v) is 6.21. The van der Waals surface area contributed by atoms with Crippen LogP contribution in [0.15, 0.2) is 11.2 Å². The molecule has 2 atom stereocenters. The van der Waals surface area contributed by atoms with Crippen molar-refractivity contribution in [3.63, 3.8) is 0 Å². The number of hydrogen-bond donors (Lipinski definition) is 0. The van der Waals surface area contributed by atoms with E-state index >= 15 is 0 Å². The van der Waals surface area contributed by atoms with Crippen molar-refractivity contribution in [1.82, 2.24) is 0 Å². The van der Waals surface area contributed by atoms with Gasteiger partial charge in [-0.3, -0.25) is 0 Å². The molecule has 1 aliphatic rings. The Kier molecular flexibility index (Phi) is 3.81. The maximum atomic E-state index is 12.4. The predicted octanol–water partition coefficient (Wildman–Crippen LogP) is 2.30. The Morgan fingerprint density at radius 3 is 2.29 bits per heavy atom. The molecule has 0 aliphatic carbocycles. The van der Waals surface area contributed by atoms with Crippen molar-refractivity contribution in [1.29, 1.82) is 0 Å². The summed E-state index contributed by atoms with van der Waals surface area (Å²) in [5.41, 5.74) is 0. The second kappa shape index (κ2) is 4.52. The summed E-state index contributed by atoms with van der Waals surface area (Å²) < 4.78 is -0.265. The van der Waals surface area contributed by atoms with Crippen LogP contribution < -0.4 is 0 Å². The molecule has 0 spiro atoms. The number of quaternary nitrogens is 2. The molecule has 17 heavy (non-hydrogen) atoms. The van der Waals surface area contributed by atoms with Crippen molar-refractivity contribution in [3.8, 4) is 0 Å². The molecular formula is C12H21ClN2O2+2. The molecule has 0 fully saturated rings. The summed E-state index contributed by atoms with van der Waals surface area (Å²) in [7, 11) is 5.10. The number of nitrogens with zero attached hydrogens (tertiary/aromatic N) is 2. The maximum absolute atomic E-state index is 12.4. The third-order valence-electron chi connectivity index (χ3n) is 3.54. The van der Waals surface area contributed by atoms with Crippen LogP contribution in [0.1, 0.15) is 20.3 Å². The SMILES string of the molecule is CCC(C)C[N+]1(C)C(=O)C=C(Cl)[N+](C)(C)C1=O. The first-order valence-electron chi connectivity index (χ1n) is 5.83. The summed E-state index contributed by atoms with van der Waals surface area (Å²) in [4.78, 5) is 24.5. The molecule has 2 unspecified atom stereocenters. The van der Waals surface area contributed by atoms with E-state index in [4.69, 9.17) is 11.6 Å². The van der Waals surface area contributed by atoms with Gasteiger partial charge in [-0.25, -0.2) is 4.79 Å². The first kappa shape index (κ1) is 14.4. The van der Waals surface area contributed by atoms with Gasteiger partial charge in [-0.1, -0.05) is 13.8 Å². The highest BCUT2D eigenvalue weighted by Gasteiger charge is 2.56. The molecular weight excluding hydrogens is 240 g/mol. The Hall–Kier alpha value is -0.710. The molecule has 0 N–H and O–H groups in total. The Morgan fingerprint density at radius 1 is 1.29 bits per heavy atom. The quantitative estimate of drug-likeness (QED) is 0.576. The van der Waals surface area contributed by atoms with Crippen LogP contribution in [0, 0.1) is 5.92 Å². The van der Waals surface area contributed by atoms with E-state index in [1.807, 2.05) is 6.92 Å². The molecule has 0 aromatic rings. The second-order valence-corrected chi connectivity index (χ2v) is 5.82. The number of likely N-dealkylation sites (N-methyl/N-ethyl adjacent to an activating group) is 1. The number of halogens is 1. The van der Waals surface area contributed by atoms with Crippen molar-refractivity contribution >= 4 is 23.5 Å². The van der Waals surface area contributed by atoms with Gasteiger partial charge in [-0.05, 0) is 18.0 Å². The van der Waals surface area contributed by atoms with Gasteiger partial charge in [0.2, 0.25) is 5.16 Å². The van der Waals surface area contributed by atoms with E-state index in [9.17, 15) is 9.59 Å². The van der Waals surface area contributed by atoms with Crippen LogP contribution in [-0.4, -0.2) is 48.6 Å². The monoisotopic (exact) mass is 260 g/mol. The van der Waals surface area contributed by atoms with E-state index in [0.29, 0.717) is 12.5 Å². The fraction of sp³-hybridized carbons (Fsp3) is 0.667. The molecule has 3 amide bonds. The van der Waals surface area contributed by atoms with Crippen LogP contribution in [0.4, 0.5) is 4.79 Å². The fourth-order valence-corrected chi connectivity index (χ4v) is 2.23. The Bertz CT molecular complexity index is 390. The Balaban J connectivity index is 3.17. The minimum atomic E-state index is -0.224. The minimum absolute atomic E-state index is 0.0692. The zero-order valence-electron chi connectivity index (χ0n) is 11.2. The number of carbonyl (C=O) groups excluding carboxylic acids is 2. The number of amides is 3. The first-order chi connectivity index (χ1) is 7.66. The molecule has 1 heterocycles. The number of carbonyl (C=O) groups is 2. The van der Waals surface area contributed by atoms with Gasteiger partial charge in [0.25, 0.3) is 0 Å². The van der Waals surface area contributed by atoms with Gasteiger partial charge >= 0.3 is 11.9 Å². The fourth-order valence-electron chi connectivity index (χ4n) is 2.06. The van der Waals surface area contributed by atoms with Crippen LogP contribution in [0.25, 0.3) is 0 Å². The van der Waals surface area contributed by atoms with Crippen LogP contribution in [-0.2, 0) is 4.79 Å². The van der Waals surface area contributed by atoms with E-state index in [-0.39, 0.29) is 26.1 Å². The summed E-state index contributed by atoms with van der Waals surface area (Å²) in [6, 6.07) is -0.178. The molecule has 0 radical (unpaired) electrons. The van der Waals surface area contributed by atoms with Crippen molar-refractivity contribution in [2.45, 2.75) is 20.3 Å². The van der Waals surface area contributed by atoms with Gasteiger partial charge in [0.1, 0.15) is 12.6 Å². The van der Waals surface area contributed by atoms with E-state index in [2.05, 4.69) is 6.92 Å². The smallest absolute Gasteiger partial charge is 0.225 e. The lowest BCUT2D eigenvalue weighted by atomic mass is 10.1. The van der Waals surface area contributed by atoms with Gasteiger partial charge in [0, 0.05) is 5.92 Å². The van der Waals surface area contributed by atoms with Crippen LogP contribution in [0.2, 0.25) is 0 Å². The summed E-state index contributed by atoms with van der Waals surface area (Å²) in [5.74, 6) is 0.0934. The lowest BCUT2D eigenvalue weighted by Gasteiger charge is -2.37. The van der Waals surface area contributed by atoms with E-state index in [1.165, 1.54) is 6.08 Å². The molecule has 1 rings (SSSR count). The molecule has 0 saturated heterocycles. The number of imide groups is 1. The van der Waals surface area contributed by atoms with Crippen molar-refractivity contribution in [2.24, 2.45) is 5.92 Å². The average Bonchev–Trinajstić information content (AvgIpc) is 2.25. The van der Waals surface area contributed by atoms with Gasteiger partial charge < -0.3 is 0 Å². The standard InChI is InChI=1S/C12H21ClN2O2/c1-6-9(2)8-15(5)11(16)7-10(13)14(3,4)12(15)17/h7,9H,6,8H2,1-5H3/q+2. The van der Waals surface area contributed by atoms with Crippen molar-refractivity contribution in [2.75, 3.05) is 27.7 Å². The summed E-state index contributed by atoms with van der Waals surface area (Å²) in [6.07, 6.45) is 2.32. The van der Waals surface area contributed by atoms with Gasteiger partial charge in [0.15, 0.2) is 0 Å². The number of rotatable bonds is 3. The third kappa shape index (κ3) is 2.30. The molecule has 4 nitrogen and oxygen atoms in total. The minimum Gasteiger partial charge on any atom is -0.225 e. The predicted molar refractivity (Wildman–Crippen MR) is 67.0 cm³/mol. The van der Waals surface area contributed by atoms with Gasteiger partial charge in [-0.15, -0.1) is 4.48 Å². The lowest BCUT2D eigenvalue weighted by molar-refractivity contribution is -0.892. The molecule has 96 valence electrons. The molecule has 0 bridgehead atoms. The second-order valence-electron chi connectivity index (χ2n) is 5.43. The van der Waals surface area contributed by atoms with E-state index < -0.39 is 0 Å². The summed E-state index contributed by atoms with van der Waals surface area (Å²) >= 11 is 5.98. The third-order valence-corrected chi connectivity index (χ3v) is 4.07. The van der Waals surface area contributed by atoms with Crippen LogP contribution in [0.3, 0.4) is 0 Å². The van der Waals surface area contributed by atoms with E-state index in [1.54, 1.807) is 21.1 Å². The highest BCUT2D eigenvalue weighted by molar-refractivity contribution is 6.30. The molecule has 0 aromatic heterocycles. The van der Waals surface area contributed by atoms with Crippen molar-refractivity contribution < 1.29 is 18.6 Å². The van der Waals surface area contributed by atoms with Gasteiger partial charge in [-0.2, -0.15) is 9.28 Å². The zero-order valence-corrected chi connectivity index (χ0v) is 11.9. The zero-order chi connectivity index (χ0) is 13.4. The molecule has 5 heteroatoms. The Morgan fingerprint density at radius 2 is 1.82 bits per heavy atom. The maximum Gasteiger partial charge on any atom is 0.527 e.